The minimum absolute atomic E-state index is 0. The molecule has 0 spiro atoms. The molecule has 2 N–H and O–H groups in total. The molecular formula is C32H18CeN8+3. The average molecular weight is 655 g/mol. The Hall–Kier alpha value is -4.38. The summed E-state index contributed by atoms with van der Waals surface area (Å²) in [5.74, 6) is 2.39. The summed E-state index contributed by atoms with van der Waals surface area (Å²) >= 11 is 0. The van der Waals surface area contributed by atoms with Crippen LogP contribution in [-0.4, -0.2) is 39.9 Å². The van der Waals surface area contributed by atoms with E-state index in [1.54, 1.807) is 0 Å². The van der Waals surface area contributed by atoms with Crippen LogP contribution in [0, 0.1) is 41.7 Å². The van der Waals surface area contributed by atoms with Crippen molar-refractivity contribution in [3.63, 3.8) is 0 Å². The van der Waals surface area contributed by atoms with Crippen molar-refractivity contribution >= 4 is 44.1 Å². The van der Waals surface area contributed by atoms with Gasteiger partial charge in [0.25, 0.3) is 0 Å². The molecule has 0 unspecified atom stereocenters. The molecule has 2 aliphatic heterocycles. The van der Waals surface area contributed by atoms with Crippen LogP contribution in [0.25, 0.3) is 89.7 Å². The Morgan fingerprint density at radius 3 is 0.829 bits per heavy atom. The number of H-pyrrole nitrogens is 2. The van der Waals surface area contributed by atoms with Crippen LogP contribution >= 0.6 is 0 Å². The Morgan fingerprint density at radius 1 is 0.317 bits per heavy atom. The maximum absolute atomic E-state index is 5.02. The third-order valence-corrected chi connectivity index (χ3v) is 7.46. The quantitative estimate of drug-likeness (QED) is 0.185. The Balaban J connectivity index is 0.00000256. The van der Waals surface area contributed by atoms with E-state index in [2.05, 4.69) is 9.97 Å². The summed E-state index contributed by atoms with van der Waals surface area (Å²) < 4.78 is 0. The third-order valence-electron chi connectivity index (χ3n) is 7.46. The van der Waals surface area contributed by atoms with Gasteiger partial charge in [0.2, 0.25) is 0 Å². The Bertz CT molecular complexity index is 2030. The monoisotopic (exact) mass is 654 g/mol. The van der Waals surface area contributed by atoms with E-state index in [1.165, 1.54) is 0 Å². The fourth-order valence-corrected chi connectivity index (χ4v) is 5.59. The van der Waals surface area contributed by atoms with Gasteiger partial charge in [0.1, 0.15) is 22.6 Å². The van der Waals surface area contributed by atoms with Crippen LogP contribution in [0.4, 0.5) is 0 Å². The largest absolute Gasteiger partial charge is 3.00 e. The van der Waals surface area contributed by atoms with Gasteiger partial charge in [-0.25, -0.2) is 29.9 Å². The van der Waals surface area contributed by atoms with Gasteiger partial charge in [-0.3, -0.25) is 0 Å². The smallest absolute Gasteiger partial charge is 0.324 e. The van der Waals surface area contributed by atoms with Gasteiger partial charge in [-0.2, -0.15) is 0 Å². The van der Waals surface area contributed by atoms with E-state index in [0.717, 1.165) is 43.8 Å². The molecule has 9 heteroatoms. The molecule has 2 aliphatic rings. The summed E-state index contributed by atoms with van der Waals surface area (Å²) in [5, 5.41) is 3.82. The molecule has 1 radical (unpaired) electrons. The predicted molar refractivity (Wildman–Crippen MR) is 156 cm³/mol. The molecule has 7 aromatic rings. The molecule has 4 aromatic carbocycles. The number of hydrogen-bond acceptors (Lipinski definition) is 6. The first-order valence-electron chi connectivity index (χ1n) is 13.0. The van der Waals surface area contributed by atoms with E-state index in [0.29, 0.717) is 45.9 Å². The average Bonchev–Trinajstić information content (AvgIpc) is 3.73. The Kier molecular flexibility index (Phi) is 5.56. The molecule has 8 bridgehead atoms. The van der Waals surface area contributed by atoms with Crippen LogP contribution in [0.15, 0.2) is 97.1 Å². The number of fused-ring (bicyclic) bond motifs is 20. The van der Waals surface area contributed by atoms with Gasteiger partial charge in [-0.05, 0) is 0 Å². The van der Waals surface area contributed by atoms with Crippen LogP contribution in [0.3, 0.4) is 0 Å². The van der Waals surface area contributed by atoms with E-state index in [-0.39, 0.29) is 41.7 Å². The van der Waals surface area contributed by atoms with Crippen molar-refractivity contribution in [3.05, 3.63) is 97.1 Å². The molecular weight excluding hydrogens is 637 g/mol. The number of nitrogens with zero attached hydrogens (tertiary/aromatic N) is 6. The van der Waals surface area contributed by atoms with Gasteiger partial charge in [0, 0.05) is 43.8 Å². The summed E-state index contributed by atoms with van der Waals surface area (Å²) in [7, 11) is 0. The number of nitrogens with one attached hydrogen (secondary N) is 2. The first-order chi connectivity index (χ1) is 19.8. The molecule has 41 heavy (non-hydrogen) atoms. The van der Waals surface area contributed by atoms with Gasteiger partial charge in [0.05, 0.1) is 0 Å². The van der Waals surface area contributed by atoms with Gasteiger partial charge in [0.15, 0.2) is 23.3 Å². The Morgan fingerprint density at radius 2 is 0.561 bits per heavy atom. The zero-order chi connectivity index (χ0) is 26.2. The molecule has 9 rings (SSSR count). The second-order valence-corrected chi connectivity index (χ2v) is 9.79. The van der Waals surface area contributed by atoms with Crippen molar-refractivity contribution in [2.75, 3.05) is 0 Å². The Labute approximate surface area is 266 Å². The molecule has 0 amide bonds. The van der Waals surface area contributed by atoms with Crippen LogP contribution in [-0.2, 0) is 0 Å². The number of hydrogen-bond donors (Lipinski definition) is 2. The van der Waals surface area contributed by atoms with Gasteiger partial charge < -0.3 is 9.97 Å². The molecule has 8 nitrogen and oxygen atoms in total. The van der Waals surface area contributed by atoms with E-state index >= 15 is 0 Å². The zero-order valence-electron chi connectivity index (χ0n) is 21.4. The number of benzene rings is 4. The minimum Gasteiger partial charge on any atom is -0.324 e. The third kappa shape index (κ3) is 3.75. The van der Waals surface area contributed by atoms with Gasteiger partial charge in [-0.15, -0.1) is 0 Å². The molecule has 3 aromatic heterocycles. The first kappa shape index (κ1) is 24.4. The fourth-order valence-electron chi connectivity index (χ4n) is 5.59. The summed E-state index contributed by atoms with van der Waals surface area (Å²) in [5.41, 5.74) is 6.45. The maximum atomic E-state index is 5.02. The van der Waals surface area contributed by atoms with Crippen molar-refractivity contribution < 1.29 is 41.7 Å². The molecule has 187 valence electrons. The number of rotatable bonds is 0. The fraction of sp³-hybridized carbons (Fsp3) is 0. The van der Waals surface area contributed by atoms with Crippen LogP contribution in [0.1, 0.15) is 0 Å². The van der Waals surface area contributed by atoms with Crippen molar-refractivity contribution in [1.82, 2.24) is 39.9 Å². The summed E-state index contributed by atoms with van der Waals surface area (Å²) in [6.07, 6.45) is 0. The molecule has 0 saturated heterocycles. The van der Waals surface area contributed by atoms with E-state index in [1.807, 2.05) is 97.1 Å². The normalized spacial score (nSPS) is 11.7. The van der Waals surface area contributed by atoms with E-state index < -0.39 is 0 Å². The summed E-state index contributed by atoms with van der Waals surface area (Å²) in [6.45, 7) is 0. The minimum atomic E-state index is 0. The SMILES string of the molecule is [Ce+3].c1ccc2c(c1)-c1nc-2nc2[nH]c(nc3nc(nc4[nH]c(n1)c1ccccc41)-c1ccccc1-3)c1ccccc21. The van der Waals surface area contributed by atoms with Crippen molar-refractivity contribution in [3.8, 4) is 45.6 Å². The van der Waals surface area contributed by atoms with Crippen LogP contribution in [0.5, 0.6) is 0 Å². The number of aromatic nitrogens is 8. The summed E-state index contributed by atoms with van der Waals surface area (Å²) in [4.78, 5) is 36.8. The van der Waals surface area contributed by atoms with Gasteiger partial charge >= 0.3 is 41.7 Å². The van der Waals surface area contributed by atoms with Crippen molar-refractivity contribution in [2.45, 2.75) is 0 Å². The number of aromatic amines is 2. The molecule has 0 atom stereocenters. The predicted octanol–water partition coefficient (Wildman–Crippen LogP) is 6.87. The van der Waals surface area contributed by atoms with Gasteiger partial charge in [-0.1, -0.05) is 97.1 Å². The molecule has 0 aliphatic carbocycles. The van der Waals surface area contributed by atoms with E-state index in [9.17, 15) is 0 Å². The maximum Gasteiger partial charge on any atom is 3.00 e. The molecule has 0 saturated carbocycles. The second kappa shape index (κ2) is 9.34. The standard InChI is InChI=1S/C32H18N8.Ce/c1-2-10-18-17(9-1)25-33-26(18)38-28-21-13-5-6-14-22(21)30(35-28)40-32-24-16-8-7-15-23(24)31(36-32)39-29-20-12-4-3-11-19(20)27(34-29)37-25;/h1-16H,(H2,33,34,35,36,37,38,39,40);/q;+3. The topological polar surface area (TPSA) is 109 Å². The molecule has 0 fully saturated rings. The van der Waals surface area contributed by atoms with Crippen LogP contribution < -0.4 is 0 Å². The molecule has 5 heterocycles. The van der Waals surface area contributed by atoms with Crippen molar-refractivity contribution in [1.29, 1.82) is 0 Å². The summed E-state index contributed by atoms with van der Waals surface area (Å²) in [6, 6.07) is 32.2. The zero-order valence-corrected chi connectivity index (χ0v) is 24.6. The second-order valence-electron chi connectivity index (χ2n) is 9.79. The van der Waals surface area contributed by atoms with Crippen molar-refractivity contribution in [2.24, 2.45) is 0 Å². The first-order valence-corrected chi connectivity index (χ1v) is 13.0. The van der Waals surface area contributed by atoms with E-state index in [4.69, 9.17) is 29.9 Å². The van der Waals surface area contributed by atoms with Crippen LogP contribution in [0.2, 0.25) is 0 Å².